The molecule has 1 aromatic carbocycles. The lowest BCUT2D eigenvalue weighted by molar-refractivity contribution is 0.827. The molecule has 1 aliphatic rings. The summed E-state index contributed by atoms with van der Waals surface area (Å²) in [7, 11) is 0. The van der Waals surface area contributed by atoms with Crippen molar-refractivity contribution in [1.29, 1.82) is 0 Å². The van der Waals surface area contributed by atoms with Gasteiger partial charge in [0.2, 0.25) is 0 Å². The van der Waals surface area contributed by atoms with Crippen LogP contribution < -0.4 is 0 Å². The third-order valence-electron chi connectivity index (χ3n) is 3.10. The average Bonchev–Trinajstić information content (AvgIpc) is 2.17. The number of allylic oxidation sites excluding steroid dienone is 2. The van der Waals surface area contributed by atoms with Crippen molar-refractivity contribution >= 4 is 5.57 Å². The van der Waals surface area contributed by atoms with Gasteiger partial charge in [0.15, 0.2) is 0 Å². The molecule has 0 unspecified atom stereocenters. The molecular weight excluding hydrogens is 168 g/mol. The topological polar surface area (TPSA) is 0 Å². The number of rotatable bonds is 1. The van der Waals surface area contributed by atoms with Crippen molar-refractivity contribution in [3.05, 3.63) is 41.0 Å². The van der Waals surface area contributed by atoms with E-state index in [0.717, 1.165) is 0 Å². The summed E-state index contributed by atoms with van der Waals surface area (Å²) in [4.78, 5) is 0. The standard InChI is InChI=1S/C14H18/c1-10(2)12-7-5-8-13-11(3)6-4-9-14(12)13/h5-8,10H,4,9H2,1-3H3. The number of benzene rings is 1. The highest BCUT2D eigenvalue weighted by Gasteiger charge is 2.14. The molecule has 2 rings (SSSR count). The summed E-state index contributed by atoms with van der Waals surface area (Å²) in [5.74, 6) is 0.649. The highest BCUT2D eigenvalue weighted by atomic mass is 14.2. The van der Waals surface area contributed by atoms with E-state index in [1.165, 1.54) is 29.5 Å². The summed E-state index contributed by atoms with van der Waals surface area (Å²) >= 11 is 0. The third kappa shape index (κ3) is 1.50. The van der Waals surface area contributed by atoms with Gasteiger partial charge in [0.05, 0.1) is 0 Å². The Morgan fingerprint density at radius 3 is 2.71 bits per heavy atom. The van der Waals surface area contributed by atoms with Crippen LogP contribution in [0.15, 0.2) is 24.3 Å². The molecule has 0 saturated carbocycles. The fraction of sp³-hybridized carbons (Fsp3) is 0.429. The first-order valence-electron chi connectivity index (χ1n) is 5.49. The molecule has 14 heavy (non-hydrogen) atoms. The summed E-state index contributed by atoms with van der Waals surface area (Å²) in [5, 5.41) is 0. The maximum Gasteiger partial charge on any atom is -0.0195 e. The van der Waals surface area contributed by atoms with Gasteiger partial charge in [-0.15, -0.1) is 0 Å². The predicted octanol–water partition coefficient (Wildman–Crippen LogP) is 4.16. The molecule has 1 aliphatic carbocycles. The molecule has 0 fully saturated rings. The molecule has 0 atom stereocenters. The largest absolute Gasteiger partial charge is 0.0807 e. The van der Waals surface area contributed by atoms with Crippen LogP contribution >= 0.6 is 0 Å². The van der Waals surface area contributed by atoms with E-state index in [9.17, 15) is 0 Å². The zero-order valence-corrected chi connectivity index (χ0v) is 9.30. The summed E-state index contributed by atoms with van der Waals surface area (Å²) < 4.78 is 0. The minimum Gasteiger partial charge on any atom is -0.0807 e. The predicted molar refractivity (Wildman–Crippen MR) is 62.5 cm³/mol. The van der Waals surface area contributed by atoms with Crippen LogP contribution in [0.4, 0.5) is 0 Å². The molecule has 0 N–H and O–H groups in total. The van der Waals surface area contributed by atoms with Gasteiger partial charge in [-0.2, -0.15) is 0 Å². The van der Waals surface area contributed by atoms with Crippen LogP contribution in [0, 0.1) is 0 Å². The molecule has 0 aromatic heterocycles. The molecular formula is C14H18. The van der Waals surface area contributed by atoms with Crippen LogP contribution in [0.2, 0.25) is 0 Å². The van der Waals surface area contributed by atoms with Crippen molar-refractivity contribution in [1.82, 2.24) is 0 Å². The first-order chi connectivity index (χ1) is 6.70. The van der Waals surface area contributed by atoms with Gasteiger partial charge in [0.1, 0.15) is 0 Å². The maximum atomic E-state index is 2.35. The van der Waals surface area contributed by atoms with Crippen molar-refractivity contribution in [2.75, 3.05) is 0 Å². The van der Waals surface area contributed by atoms with Crippen molar-refractivity contribution in [3.63, 3.8) is 0 Å². The SMILES string of the molecule is CC1=CCCc2c1cccc2C(C)C. The lowest BCUT2D eigenvalue weighted by atomic mass is 9.85. The van der Waals surface area contributed by atoms with Gasteiger partial charge in [0.25, 0.3) is 0 Å². The Labute approximate surface area is 86.7 Å². The molecule has 74 valence electrons. The van der Waals surface area contributed by atoms with Crippen molar-refractivity contribution in [3.8, 4) is 0 Å². The normalized spacial score (nSPS) is 15.3. The van der Waals surface area contributed by atoms with E-state index in [4.69, 9.17) is 0 Å². The van der Waals surface area contributed by atoms with E-state index in [0.29, 0.717) is 5.92 Å². The third-order valence-corrected chi connectivity index (χ3v) is 3.10. The Bertz CT molecular complexity index is 370. The minimum absolute atomic E-state index is 0.649. The van der Waals surface area contributed by atoms with Gasteiger partial charge >= 0.3 is 0 Å². The smallest absolute Gasteiger partial charge is 0.0195 e. The average molecular weight is 186 g/mol. The summed E-state index contributed by atoms with van der Waals surface area (Å²) in [6.07, 6.45) is 4.79. The Morgan fingerprint density at radius 2 is 2.00 bits per heavy atom. The van der Waals surface area contributed by atoms with Gasteiger partial charge in [-0.05, 0) is 47.9 Å². The van der Waals surface area contributed by atoms with Crippen LogP contribution in [-0.2, 0) is 6.42 Å². The molecule has 0 heteroatoms. The fourth-order valence-corrected chi connectivity index (χ4v) is 2.34. The molecule has 1 aromatic rings. The lowest BCUT2D eigenvalue weighted by Gasteiger charge is -2.20. The van der Waals surface area contributed by atoms with E-state index in [-0.39, 0.29) is 0 Å². The fourth-order valence-electron chi connectivity index (χ4n) is 2.34. The van der Waals surface area contributed by atoms with Gasteiger partial charge < -0.3 is 0 Å². The molecule has 0 spiro atoms. The highest BCUT2D eigenvalue weighted by molar-refractivity contribution is 5.69. The zero-order valence-electron chi connectivity index (χ0n) is 9.30. The zero-order chi connectivity index (χ0) is 10.1. The number of hydrogen-bond acceptors (Lipinski definition) is 0. The van der Waals surface area contributed by atoms with E-state index in [2.05, 4.69) is 45.0 Å². The van der Waals surface area contributed by atoms with Crippen molar-refractivity contribution < 1.29 is 0 Å². The van der Waals surface area contributed by atoms with Crippen LogP contribution in [0.1, 0.15) is 49.8 Å². The minimum atomic E-state index is 0.649. The molecule has 0 aliphatic heterocycles. The summed E-state index contributed by atoms with van der Waals surface area (Å²) in [6, 6.07) is 6.73. The molecule has 0 radical (unpaired) electrons. The quantitative estimate of drug-likeness (QED) is 0.617. The van der Waals surface area contributed by atoms with Gasteiger partial charge in [-0.3, -0.25) is 0 Å². The molecule has 0 nitrogen and oxygen atoms in total. The van der Waals surface area contributed by atoms with Gasteiger partial charge in [-0.25, -0.2) is 0 Å². The van der Waals surface area contributed by atoms with Crippen LogP contribution in [0.5, 0.6) is 0 Å². The van der Waals surface area contributed by atoms with E-state index in [1.807, 2.05) is 0 Å². The highest BCUT2D eigenvalue weighted by Crippen LogP contribution is 2.31. The second-order valence-electron chi connectivity index (χ2n) is 4.45. The van der Waals surface area contributed by atoms with Crippen molar-refractivity contribution in [2.45, 2.75) is 39.5 Å². The first kappa shape index (κ1) is 9.51. The van der Waals surface area contributed by atoms with E-state index in [1.54, 1.807) is 5.56 Å². The van der Waals surface area contributed by atoms with Gasteiger partial charge in [-0.1, -0.05) is 38.1 Å². The first-order valence-corrected chi connectivity index (χ1v) is 5.49. The molecule has 0 saturated heterocycles. The maximum absolute atomic E-state index is 2.35. The second-order valence-corrected chi connectivity index (χ2v) is 4.45. The Morgan fingerprint density at radius 1 is 1.21 bits per heavy atom. The van der Waals surface area contributed by atoms with Crippen molar-refractivity contribution in [2.24, 2.45) is 0 Å². The molecule has 0 heterocycles. The lowest BCUT2D eigenvalue weighted by Crippen LogP contribution is -2.04. The second kappa shape index (κ2) is 3.61. The summed E-state index contributed by atoms with van der Waals surface area (Å²) in [6.45, 7) is 6.79. The summed E-state index contributed by atoms with van der Waals surface area (Å²) in [5.41, 5.74) is 6.05. The Balaban J connectivity index is 2.57. The monoisotopic (exact) mass is 186 g/mol. The Hall–Kier alpha value is -1.04. The van der Waals surface area contributed by atoms with Crippen LogP contribution in [-0.4, -0.2) is 0 Å². The van der Waals surface area contributed by atoms with E-state index < -0.39 is 0 Å². The van der Waals surface area contributed by atoms with Gasteiger partial charge in [0, 0.05) is 0 Å². The number of hydrogen-bond donors (Lipinski definition) is 0. The van der Waals surface area contributed by atoms with Crippen LogP contribution in [0.3, 0.4) is 0 Å². The Kier molecular flexibility index (Phi) is 2.45. The van der Waals surface area contributed by atoms with E-state index >= 15 is 0 Å². The molecule has 0 amide bonds. The number of fused-ring (bicyclic) bond motifs is 1. The van der Waals surface area contributed by atoms with Crippen LogP contribution in [0.25, 0.3) is 5.57 Å². The molecule has 0 bridgehead atoms.